The van der Waals surface area contributed by atoms with Crippen LogP contribution in [0.15, 0.2) is 4.79 Å². The minimum absolute atomic E-state index is 0.0294. The maximum atomic E-state index is 12.5. The van der Waals surface area contributed by atoms with Gasteiger partial charge in [-0.05, 0) is 44.9 Å². The van der Waals surface area contributed by atoms with E-state index in [1.807, 2.05) is 6.92 Å². The number of piperidine rings is 1. The van der Waals surface area contributed by atoms with Crippen LogP contribution in [0.5, 0.6) is 0 Å². The second kappa shape index (κ2) is 6.20. The van der Waals surface area contributed by atoms with Gasteiger partial charge >= 0.3 is 0 Å². The van der Waals surface area contributed by atoms with Gasteiger partial charge in [-0.1, -0.05) is 13.3 Å². The fourth-order valence-electron chi connectivity index (χ4n) is 4.35. The van der Waals surface area contributed by atoms with Gasteiger partial charge in [-0.15, -0.1) is 0 Å². The lowest BCUT2D eigenvalue weighted by atomic mass is 9.76. The number of hydrogen-bond acceptors (Lipinski definition) is 4. The zero-order valence-corrected chi connectivity index (χ0v) is 15.7. The molecule has 2 fully saturated rings. The smallest absolute Gasteiger partial charge is 0.254 e. The maximum Gasteiger partial charge on any atom is 0.254 e. The first-order chi connectivity index (χ1) is 12.0. The predicted molar refractivity (Wildman–Crippen MR) is 96.3 cm³/mol. The van der Waals surface area contributed by atoms with Crippen molar-refractivity contribution in [3.8, 4) is 0 Å². The Balaban J connectivity index is 1.56. The van der Waals surface area contributed by atoms with Crippen LogP contribution in [-0.4, -0.2) is 41.5 Å². The van der Waals surface area contributed by atoms with Crippen molar-refractivity contribution in [1.29, 1.82) is 0 Å². The number of hydrogen-bond donors (Lipinski definition) is 1. The second-order valence-corrected chi connectivity index (χ2v) is 9.99. The van der Waals surface area contributed by atoms with Gasteiger partial charge in [0.25, 0.3) is 5.56 Å². The van der Waals surface area contributed by atoms with E-state index in [1.165, 1.54) is 0 Å². The van der Waals surface area contributed by atoms with Crippen molar-refractivity contribution < 1.29 is 8.42 Å². The Morgan fingerprint density at radius 1 is 1.24 bits per heavy atom. The number of nitrogens with one attached hydrogen (secondary N) is 1. The number of aromatic nitrogens is 2. The molecule has 7 heteroatoms. The van der Waals surface area contributed by atoms with E-state index in [-0.39, 0.29) is 16.7 Å². The van der Waals surface area contributed by atoms with Crippen LogP contribution in [0.1, 0.15) is 74.9 Å². The van der Waals surface area contributed by atoms with Gasteiger partial charge in [0.2, 0.25) is 10.0 Å². The zero-order chi connectivity index (χ0) is 17.7. The van der Waals surface area contributed by atoms with Gasteiger partial charge < -0.3 is 4.98 Å². The normalized spacial score (nSPS) is 23.1. The van der Waals surface area contributed by atoms with Crippen molar-refractivity contribution >= 4 is 10.0 Å². The molecule has 2 heterocycles. The van der Waals surface area contributed by atoms with Crippen LogP contribution in [-0.2, 0) is 21.9 Å². The summed E-state index contributed by atoms with van der Waals surface area (Å²) in [4.78, 5) is 20.3. The van der Waals surface area contributed by atoms with E-state index in [0.29, 0.717) is 25.4 Å². The summed E-state index contributed by atoms with van der Waals surface area (Å²) in [5.41, 5.74) is 1.75. The van der Waals surface area contributed by atoms with Crippen LogP contribution < -0.4 is 5.56 Å². The first kappa shape index (κ1) is 17.2. The van der Waals surface area contributed by atoms with Crippen molar-refractivity contribution in [2.75, 3.05) is 18.8 Å². The topological polar surface area (TPSA) is 83.1 Å². The molecule has 0 unspecified atom stereocenters. The summed E-state index contributed by atoms with van der Waals surface area (Å²) >= 11 is 0. The third-order valence-corrected chi connectivity index (χ3v) is 8.14. The molecule has 4 rings (SSSR count). The van der Waals surface area contributed by atoms with E-state index in [2.05, 4.69) is 4.98 Å². The summed E-state index contributed by atoms with van der Waals surface area (Å²) < 4.78 is 26.6. The summed E-state index contributed by atoms with van der Waals surface area (Å²) in [5.74, 6) is 1.52. The highest BCUT2D eigenvalue weighted by molar-refractivity contribution is 7.89. The SMILES string of the molecule is CCCCS(=O)(=O)N1CCC2(CCc3c2nc(C2CC2)[nH]c3=O)CC1. The third kappa shape index (κ3) is 3.05. The maximum absolute atomic E-state index is 12.5. The van der Waals surface area contributed by atoms with Crippen molar-refractivity contribution in [3.63, 3.8) is 0 Å². The van der Waals surface area contributed by atoms with E-state index in [4.69, 9.17) is 4.98 Å². The Morgan fingerprint density at radius 3 is 2.60 bits per heavy atom. The fourth-order valence-corrected chi connectivity index (χ4v) is 6.00. The van der Waals surface area contributed by atoms with Crippen molar-refractivity contribution in [2.24, 2.45) is 0 Å². The second-order valence-electron chi connectivity index (χ2n) is 7.90. The number of nitrogens with zero attached hydrogens (tertiary/aromatic N) is 2. The van der Waals surface area contributed by atoms with Crippen LogP contribution in [0.2, 0.25) is 0 Å². The number of fused-ring (bicyclic) bond motifs is 2. The Bertz CT molecular complexity index is 818. The van der Waals surface area contributed by atoms with E-state index in [1.54, 1.807) is 4.31 Å². The highest BCUT2D eigenvalue weighted by Gasteiger charge is 2.46. The first-order valence-electron chi connectivity index (χ1n) is 9.56. The molecular formula is C18H27N3O3S. The number of H-pyrrole nitrogens is 1. The van der Waals surface area contributed by atoms with Crippen molar-refractivity contribution in [1.82, 2.24) is 14.3 Å². The summed E-state index contributed by atoms with van der Waals surface area (Å²) in [7, 11) is -3.14. The van der Waals surface area contributed by atoms with Crippen LogP contribution in [0.25, 0.3) is 0 Å². The summed E-state index contributed by atoms with van der Waals surface area (Å²) in [6, 6.07) is 0. The molecule has 1 aromatic heterocycles. The molecule has 1 saturated carbocycles. The fraction of sp³-hybridized carbons (Fsp3) is 0.778. The average molecular weight is 365 g/mol. The van der Waals surface area contributed by atoms with E-state index >= 15 is 0 Å². The number of unbranched alkanes of at least 4 members (excludes halogenated alkanes) is 1. The molecular weight excluding hydrogens is 338 g/mol. The minimum Gasteiger partial charge on any atom is -0.310 e. The zero-order valence-electron chi connectivity index (χ0n) is 14.9. The lowest BCUT2D eigenvalue weighted by molar-refractivity contribution is 0.227. The minimum atomic E-state index is -3.14. The lowest BCUT2D eigenvalue weighted by Gasteiger charge is -2.38. The molecule has 0 amide bonds. The number of rotatable bonds is 5. The van der Waals surface area contributed by atoms with E-state index < -0.39 is 10.0 Å². The van der Waals surface area contributed by atoms with Gasteiger partial charge in [-0.3, -0.25) is 4.79 Å². The molecule has 0 bridgehead atoms. The summed E-state index contributed by atoms with van der Waals surface area (Å²) in [6.07, 6.45) is 7.09. The van der Waals surface area contributed by atoms with Gasteiger partial charge in [-0.25, -0.2) is 17.7 Å². The molecule has 1 saturated heterocycles. The summed E-state index contributed by atoms with van der Waals surface area (Å²) in [5, 5.41) is 0. The van der Waals surface area contributed by atoms with Gasteiger partial charge in [0, 0.05) is 30.0 Å². The van der Waals surface area contributed by atoms with Gasteiger partial charge in [0.15, 0.2) is 0 Å². The molecule has 1 aliphatic heterocycles. The van der Waals surface area contributed by atoms with Gasteiger partial charge in [-0.2, -0.15) is 0 Å². The highest BCUT2D eigenvalue weighted by atomic mass is 32.2. The average Bonchev–Trinajstić information content (AvgIpc) is 3.39. The molecule has 3 aliphatic rings. The Labute approximate surface area is 149 Å². The predicted octanol–water partition coefficient (Wildman–Crippen LogP) is 2.06. The Hall–Kier alpha value is -1.21. The first-order valence-corrected chi connectivity index (χ1v) is 11.2. The monoisotopic (exact) mass is 365 g/mol. The number of aromatic amines is 1. The van der Waals surface area contributed by atoms with Crippen LogP contribution >= 0.6 is 0 Å². The molecule has 1 aromatic rings. The lowest BCUT2D eigenvalue weighted by Crippen LogP contribution is -2.45. The van der Waals surface area contributed by atoms with Crippen molar-refractivity contribution in [2.45, 2.75) is 69.6 Å². The largest absolute Gasteiger partial charge is 0.310 e. The highest BCUT2D eigenvalue weighted by Crippen LogP contribution is 2.46. The van der Waals surface area contributed by atoms with Gasteiger partial charge in [0.05, 0.1) is 11.4 Å². The molecule has 2 aliphatic carbocycles. The number of sulfonamides is 1. The van der Waals surface area contributed by atoms with Crippen molar-refractivity contribution in [3.05, 3.63) is 27.4 Å². The van der Waals surface area contributed by atoms with Crippen LogP contribution in [0.4, 0.5) is 0 Å². The molecule has 0 radical (unpaired) electrons. The molecule has 1 spiro atoms. The standard InChI is InChI=1S/C18H27N3O3S/c1-2-3-12-25(23,24)21-10-8-18(9-11-21)7-6-14-15(18)19-16(13-4-5-13)20-17(14)22/h13H,2-12H2,1H3,(H,19,20,22). The van der Waals surface area contributed by atoms with Gasteiger partial charge in [0.1, 0.15) is 5.82 Å². The quantitative estimate of drug-likeness (QED) is 0.866. The van der Waals surface area contributed by atoms with E-state index in [0.717, 1.165) is 62.0 Å². The molecule has 25 heavy (non-hydrogen) atoms. The van der Waals surface area contributed by atoms with Crippen LogP contribution in [0, 0.1) is 0 Å². The summed E-state index contributed by atoms with van der Waals surface area (Å²) in [6.45, 7) is 3.12. The Morgan fingerprint density at radius 2 is 1.96 bits per heavy atom. The van der Waals surface area contributed by atoms with E-state index in [9.17, 15) is 13.2 Å². The molecule has 138 valence electrons. The molecule has 0 aromatic carbocycles. The Kier molecular flexibility index (Phi) is 4.27. The molecule has 1 N–H and O–H groups in total. The molecule has 6 nitrogen and oxygen atoms in total. The van der Waals surface area contributed by atoms with Crippen LogP contribution in [0.3, 0.4) is 0 Å². The third-order valence-electron chi connectivity index (χ3n) is 6.18. The molecule has 0 atom stereocenters.